The minimum Gasteiger partial charge on any atom is -0.295 e. The third-order valence-electron chi connectivity index (χ3n) is 2.14. The van der Waals surface area contributed by atoms with Gasteiger partial charge in [-0.1, -0.05) is 15.9 Å². The van der Waals surface area contributed by atoms with E-state index in [0.717, 1.165) is 16.2 Å². The summed E-state index contributed by atoms with van der Waals surface area (Å²) in [5.41, 5.74) is 3.56. The summed E-state index contributed by atoms with van der Waals surface area (Å²) in [5, 5.41) is 3.96. The third kappa shape index (κ3) is 1.64. The van der Waals surface area contributed by atoms with Crippen molar-refractivity contribution in [2.24, 2.45) is 0 Å². The Kier molecular flexibility index (Phi) is 2.74. The first-order chi connectivity index (χ1) is 6.72. The van der Waals surface area contributed by atoms with Crippen molar-refractivity contribution in [3.63, 3.8) is 0 Å². The molecule has 0 aliphatic heterocycles. The van der Waals surface area contributed by atoms with E-state index in [9.17, 15) is 0 Å². The van der Waals surface area contributed by atoms with E-state index < -0.39 is 0 Å². The molecule has 0 radical (unpaired) electrons. The lowest BCUT2D eigenvalue weighted by Crippen LogP contribution is -1.97. The van der Waals surface area contributed by atoms with Gasteiger partial charge in [-0.15, -0.1) is 11.3 Å². The van der Waals surface area contributed by atoms with Gasteiger partial charge in [0.1, 0.15) is 0 Å². The molecule has 14 heavy (non-hydrogen) atoms. The Hall–Kier alpha value is -0.610. The summed E-state index contributed by atoms with van der Waals surface area (Å²) < 4.78 is 2.18. The number of halogens is 1. The lowest BCUT2D eigenvalue weighted by Gasteiger charge is -2.03. The molecule has 0 atom stereocenters. The second kappa shape index (κ2) is 3.87. The molecule has 2 heterocycles. The Bertz CT molecular complexity index is 425. The normalized spacial score (nSPS) is 10.8. The van der Waals surface area contributed by atoms with Gasteiger partial charge >= 0.3 is 0 Å². The van der Waals surface area contributed by atoms with Crippen molar-refractivity contribution in [1.82, 2.24) is 9.55 Å². The molecule has 0 saturated heterocycles. The first-order valence-corrected chi connectivity index (χ1v) is 6.38. The molecule has 0 amide bonds. The van der Waals surface area contributed by atoms with Crippen LogP contribution in [-0.2, 0) is 5.33 Å². The predicted octanol–water partition coefficient (Wildman–Crippen LogP) is 3.45. The molecule has 0 unspecified atom stereocenters. The molecular weight excluding hydrogens is 260 g/mol. The van der Waals surface area contributed by atoms with E-state index in [1.165, 1.54) is 11.4 Å². The van der Waals surface area contributed by atoms with Crippen molar-refractivity contribution < 1.29 is 0 Å². The summed E-state index contributed by atoms with van der Waals surface area (Å²) in [4.78, 5) is 4.53. The van der Waals surface area contributed by atoms with E-state index in [2.05, 4.69) is 56.8 Å². The largest absolute Gasteiger partial charge is 0.295 e. The summed E-state index contributed by atoms with van der Waals surface area (Å²) in [5.74, 6) is 0. The predicted molar refractivity (Wildman–Crippen MR) is 63.5 cm³/mol. The molecule has 0 saturated carbocycles. The highest BCUT2D eigenvalue weighted by Gasteiger charge is 2.07. The van der Waals surface area contributed by atoms with Crippen LogP contribution in [-0.4, -0.2) is 9.55 Å². The third-order valence-corrected chi connectivity index (χ3v) is 3.59. The van der Waals surface area contributed by atoms with Gasteiger partial charge in [0.05, 0.1) is 5.69 Å². The average molecular weight is 271 g/mol. The minimum absolute atomic E-state index is 0.822. The fourth-order valence-electron chi connectivity index (χ4n) is 1.43. The zero-order valence-corrected chi connectivity index (χ0v) is 10.5. The Morgan fingerprint density at radius 3 is 2.50 bits per heavy atom. The zero-order valence-electron chi connectivity index (χ0n) is 8.12. The number of hydrogen-bond acceptors (Lipinski definition) is 2. The highest BCUT2D eigenvalue weighted by molar-refractivity contribution is 9.08. The van der Waals surface area contributed by atoms with Crippen molar-refractivity contribution in [1.29, 1.82) is 0 Å². The molecule has 0 spiro atoms. The first-order valence-electron chi connectivity index (χ1n) is 4.38. The second-order valence-electron chi connectivity index (χ2n) is 3.21. The molecule has 2 rings (SSSR count). The van der Waals surface area contributed by atoms with Crippen LogP contribution >= 0.6 is 27.3 Å². The maximum atomic E-state index is 4.53. The quantitative estimate of drug-likeness (QED) is 0.765. The van der Waals surface area contributed by atoms with Crippen molar-refractivity contribution in [2.45, 2.75) is 19.2 Å². The van der Waals surface area contributed by atoms with Crippen molar-refractivity contribution in [3.05, 3.63) is 34.6 Å². The van der Waals surface area contributed by atoms with Crippen LogP contribution in [0, 0.1) is 13.8 Å². The molecule has 2 aromatic heterocycles. The van der Waals surface area contributed by atoms with Crippen molar-refractivity contribution in [2.75, 3.05) is 0 Å². The van der Waals surface area contributed by atoms with Gasteiger partial charge < -0.3 is 0 Å². The monoisotopic (exact) mass is 270 g/mol. The first kappa shape index (κ1) is 9.93. The number of alkyl halides is 1. The van der Waals surface area contributed by atoms with Gasteiger partial charge in [0.15, 0.2) is 5.13 Å². The van der Waals surface area contributed by atoms with Crippen molar-refractivity contribution >= 4 is 27.3 Å². The van der Waals surface area contributed by atoms with Crippen molar-refractivity contribution in [3.8, 4) is 5.13 Å². The summed E-state index contributed by atoms with van der Waals surface area (Å²) in [6.07, 6.45) is 0. The van der Waals surface area contributed by atoms with Gasteiger partial charge in [-0.3, -0.25) is 4.57 Å². The molecule has 0 bridgehead atoms. The van der Waals surface area contributed by atoms with Gasteiger partial charge in [0.2, 0.25) is 0 Å². The molecule has 74 valence electrons. The molecule has 2 nitrogen and oxygen atoms in total. The van der Waals surface area contributed by atoms with Gasteiger partial charge in [0, 0.05) is 22.1 Å². The maximum absolute atomic E-state index is 4.53. The van der Waals surface area contributed by atoms with E-state index in [0.29, 0.717) is 0 Å². The summed E-state index contributed by atoms with van der Waals surface area (Å²) in [6.45, 7) is 4.20. The van der Waals surface area contributed by atoms with Crippen LogP contribution in [0.4, 0.5) is 0 Å². The number of hydrogen-bond donors (Lipinski definition) is 0. The van der Waals surface area contributed by atoms with E-state index >= 15 is 0 Å². The van der Waals surface area contributed by atoms with E-state index in [1.54, 1.807) is 11.3 Å². The Morgan fingerprint density at radius 2 is 2.00 bits per heavy atom. The second-order valence-corrected chi connectivity index (χ2v) is 4.60. The van der Waals surface area contributed by atoms with Crippen LogP contribution in [0.5, 0.6) is 0 Å². The number of rotatable bonds is 2. The summed E-state index contributed by atoms with van der Waals surface area (Å²) in [7, 11) is 0. The lowest BCUT2D eigenvalue weighted by molar-refractivity contribution is 0.942. The average Bonchev–Trinajstić information content (AvgIpc) is 2.73. The molecule has 0 aliphatic rings. The van der Waals surface area contributed by atoms with Crippen LogP contribution in [0.15, 0.2) is 17.5 Å². The Labute approximate surface area is 95.7 Å². The van der Waals surface area contributed by atoms with Gasteiger partial charge in [-0.2, -0.15) is 0 Å². The molecule has 0 N–H and O–H groups in total. The highest BCUT2D eigenvalue weighted by atomic mass is 79.9. The van der Waals surface area contributed by atoms with Gasteiger partial charge in [0.25, 0.3) is 0 Å². The SMILES string of the molecule is Cc1ccc(C)n1-c1nc(CBr)cs1. The number of aryl methyl sites for hydroxylation is 2. The maximum Gasteiger partial charge on any atom is 0.194 e. The number of aromatic nitrogens is 2. The zero-order chi connectivity index (χ0) is 10.1. The standard InChI is InChI=1S/C10H11BrN2S/c1-7-3-4-8(2)13(7)10-12-9(5-11)6-14-10/h3-4,6H,5H2,1-2H3. The smallest absolute Gasteiger partial charge is 0.194 e. The summed E-state index contributed by atoms with van der Waals surface area (Å²) in [6, 6.07) is 4.23. The molecule has 0 aliphatic carbocycles. The molecule has 4 heteroatoms. The van der Waals surface area contributed by atoms with Gasteiger partial charge in [-0.05, 0) is 26.0 Å². The minimum atomic E-state index is 0.822. The van der Waals surface area contributed by atoms with Crippen LogP contribution in [0.2, 0.25) is 0 Å². The molecular formula is C10H11BrN2S. The fraction of sp³-hybridized carbons (Fsp3) is 0.300. The molecule has 0 fully saturated rings. The lowest BCUT2D eigenvalue weighted by atomic mass is 10.5. The fourth-order valence-corrected chi connectivity index (χ4v) is 2.87. The number of nitrogens with zero attached hydrogens (tertiary/aromatic N) is 2. The van der Waals surface area contributed by atoms with E-state index in [1.807, 2.05) is 0 Å². The molecule has 2 aromatic rings. The van der Waals surface area contributed by atoms with Crippen LogP contribution in [0.3, 0.4) is 0 Å². The highest BCUT2D eigenvalue weighted by Crippen LogP contribution is 2.21. The Balaban J connectivity index is 2.48. The number of thiazole rings is 1. The van der Waals surface area contributed by atoms with Crippen LogP contribution < -0.4 is 0 Å². The topological polar surface area (TPSA) is 17.8 Å². The van der Waals surface area contributed by atoms with Crippen LogP contribution in [0.1, 0.15) is 17.1 Å². The van der Waals surface area contributed by atoms with Gasteiger partial charge in [-0.25, -0.2) is 4.98 Å². The summed E-state index contributed by atoms with van der Waals surface area (Å²) >= 11 is 5.09. The van der Waals surface area contributed by atoms with Crippen LogP contribution in [0.25, 0.3) is 5.13 Å². The van der Waals surface area contributed by atoms with E-state index in [4.69, 9.17) is 0 Å². The molecule has 0 aromatic carbocycles. The van der Waals surface area contributed by atoms with E-state index in [-0.39, 0.29) is 0 Å². The Morgan fingerprint density at radius 1 is 1.36 bits per heavy atom.